The van der Waals surface area contributed by atoms with Gasteiger partial charge in [0, 0.05) is 49.0 Å². The van der Waals surface area contributed by atoms with E-state index < -0.39 is 0 Å². The molecule has 36 heavy (non-hydrogen) atoms. The molecule has 8 nitrogen and oxygen atoms in total. The summed E-state index contributed by atoms with van der Waals surface area (Å²) in [7, 11) is 0. The van der Waals surface area contributed by atoms with E-state index in [-0.39, 0.29) is 5.91 Å². The first-order chi connectivity index (χ1) is 17.6. The SMILES string of the molecule is Cc1cccc(-c2ccn(-c3cc(N4CCOCC4)c4sc(C(=O)Nc5ccncc5)cc4n3)n2)c1. The van der Waals surface area contributed by atoms with E-state index in [2.05, 4.69) is 46.4 Å². The summed E-state index contributed by atoms with van der Waals surface area (Å²) in [5, 5.41) is 7.75. The van der Waals surface area contributed by atoms with Crippen molar-refractivity contribution in [2.24, 2.45) is 0 Å². The van der Waals surface area contributed by atoms with Crippen molar-refractivity contribution in [2.45, 2.75) is 6.92 Å². The van der Waals surface area contributed by atoms with Crippen LogP contribution in [0.1, 0.15) is 15.2 Å². The number of thiophene rings is 1. The molecule has 9 heteroatoms. The van der Waals surface area contributed by atoms with Gasteiger partial charge in [0.05, 0.1) is 39.7 Å². The van der Waals surface area contributed by atoms with Gasteiger partial charge in [0.15, 0.2) is 5.82 Å². The Hall–Kier alpha value is -4.08. The van der Waals surface area contributed by atoms with Gasteiger partial charge in [-0.05, 0) is 37.3 Å². The van der Waals surface area contributed by atoms with Crippen LogP contribution in [0.3, 0.4) is 0 Å². The fraction of sp³-hybridized carbons (Fsp3) is 0.185. The summed E-state index contributed by atoms with van der Waals surface area (Å²) in [5.41, 5.74) is 5.65. The third-order valence-corrected chi connectivity index (χ3v) is 7.24. The maximum atomic E-state index is 13.0. The monoisotopic (exact) mass is 496 g/mol. The second-order valence-electron chi connectivity index (χ2n) is 8.63. The highest BCUT2D eigenvalue weighted by Gasteiger charge is 2.21. The standard InChI is InChI=1S/C27H24N6O2S/c1-18-3-2-4-19(15-18)21-7-10-33(31-21)25-17-23(32-11-13-35-14-12-32)26-22(30-25)16-24(36-26)27(34)29-20-5-8-28-9-6-20/h2-10,15-17H,11-14H2,1H3,(H,28,29,34). The Kier molecular flexibility index (Phi) is 5.92. The van der Waals surface area contributed by atoms with Crippen molar-refractivity contribution < 1.29 is 9.53 Å². The molecule has 0 radical (unpaired) electrons. The van der Waals surface area contributed by atoms with Crippen LogP contribution < -0.4 is 10.2 Å². The number of anilines is 2. The van der Waals surface area contributed by atoms with Gasteiger partial charge in [-0.2, -0.15) is 5.10 Å². The van der Waals surface area contributed by atoms with E-state index in [0.717, 1.165) is 40.3 Å². The molecule has 5 aromatic rings. The Morgan fingerprint density at radius 1 is 1.06 bits per heavy atom. The number of carbonyl (C=O) groups excluding carboxylic acids is 1. The molecule has 1 amide bonds. The summed E-state index contributed by atoms with van der Waals surface area (Å²) in [4.78, 5) is 24.8. The number of pyridine rings is 2. The van der Waals surface area contributed by atoms with Crippen LogP contribution in [0.25, 0.3) is 27.3 Å². The van der Waals surface area contributed by atoms with Gasteiger partial charge in [0.25, 0.3) is 5.91 Å². The second kappa shape index (κ2) is 9.52. The summed E-state index contributed by atoms with van der Waals surface area (Å²) >= 11 is 1.45. The van der Waals surface area contributed by atoms with Gasteiger partial charge in [-0.3, -0.25) is 9.78 Å². The van der Waals surface area contributed by atoms with Crippen molar-refractivity contribution >= 4 is 38.8 Å². The summed E-state index contributed by atoms with van der Waals surface area (Å²) in [6, 6.07) is 17.7. The number of aryl methyl sites for hydroxylation is 1. The van der Waals surface area contributed by atoms with E-state index in [9.17, 15) is 4.79 Å². The molecule has 1 aliphatic rings. The number of hydrogen-bond acceptors (Lipinski definition) is 7. The topological polar surface area (TPSA) is 85.2 Å². The van der Waals surface area contributed by atoms with Crippen LogP contribution in [0.2, 0.25) is 0 Å². The molecule has 0 aliphatic carbocycles. The van der Waals surface area contributed by atoms with Crippen LogP contribution in [-0.2, 0) is 4.74 Å². The van der Waals surface area contributed by atoms with Gasteiger partial charge < -0.3 is 15.0 Å². The number of hydrogen-bond donors (Lipinski definition) is 1. The highest BCUT2D eigenvalue weighted by Crippen LogP contribution is 2.36. The zero-order chi connectivity index (χ0) is 24.5. The van der Waals surface area contributed by atoms with Crippen molar-refractivity contribution in [1.29, 1.82) is 0 Å². The zero-order valence-corrected chi connectivity index (χ0v) is 20.5. The molecule has 6 rings (SSSR count). The molecule has 4 aromatic heterocycles. The van der Waals surface area contributed by atoms with Crippen molar-refractivity contribution in [3.8, 4) is 17.1 Å². The lowest BCUT2D eigenvalue weighted by Gasteiger charge is -2.29. The Morgan fingerprint density at radius 2 is 1.89 bits per heavy atom. The Morgan fingerprint density at radius 3 is 2.69 bits per heavy atom. The minimum Gasteiger partial charge on any atom is -0.378 e. The maximum absolute atomic E-state index is 13.0. The number of morpholine rings is 1. The third-order valence-electron chi connectivity index (χ3n) is 6.10. The van der Waals surface area contributed by atoms with Gasteiger partial charge in [-0.25, -0.2) is 9.67 Å². The lowest BCUT2D eigenvalue weighted by atomic mass is 10.1. The lowest BCUT2D eigenvalue weighted by molar-refractivity contribution is 0.103. The molecule has 0 atom stereocenters. The molecule has 1 aromatic carbocycles. The number of carbonyl (C=O) groups is 1. The number of benzene rings is 1. The summed E-state index contributed by atoms with van der Waals surface area (Å²) in [6.07, 6.45) is 5.23. The molecule has 1 fully saturated rings. The zero-order valence-electron chi connectivity index (χ0n) is 19.7. The van der Waals surface area contributed by atoms with E-state index in [1.165, 1.54) is 16.9 Å². The quantitative estimate of drug-likeness (QED) is 0.371. The number of aromatic nitrogens is 4. The first kappa shape index (κ1) is 22.4. The fourth-order valence-electron chi connectivity index (χ4n) is 4.30. The highest BCUT2D eigenvalue weighted by molar-refractivity contribution is 7.21. The fourth-order valence-corrected chi connectivity index (χ4v) is 5.33. The van der Waals surface area contributed by atoms with Crippen LogP contribution in [0.4, 0.5) is 11.4 Å². The van der Waals surface area contributed by atoms with Crippen molar-refractivity contribution in [2.75, 3.05) is 36.5 Å². The first-order valence-electron chi connectivity index (χ1n) is 11.8. The highest BCUT2D eigenvalue weighted by atomic mass is 32.1. The smallest absolute Gasteiger partial charge is 0.265 e. The van der Waals surface area contributed by atoms with Gasteiger partial charge >= 0.3 is 0 Å². The average Bonchev–Trinajstić information content (AvgIpc) is 3.57. The van der Waals surface area contributed by atoms with Gasteiger partial charge in [-0.15, -0.1) is 11.3 Å². The normalized spacial score (nSPS) is 13.8. The molecule has 0 unspecified atom stereocenters. The number of fused-ring (bicyclic) bond motifs is 1. The molecule has 5 heterocycles. The molecule has 0 spiro atoms. The van der Waals surface area contributed by atoms with E-state index in [4.69, 9.17) is 14.8 Å². The number of rotatable bonds is 5. The van der Waals surface area contributed by atoms with E-state index >= 15 is 0 Å². The second-order valence-corrected chi connectivity index (χ2v) is 9.68. The third kappa shape index (κ3) is 4.46. The van der Waals surface area contributed by atoms with Crippen LogP contribution in [-0.4, -0.2) is 52.0 Å². The molecular weight excluding hydrogens is 472 g/mol. The van der Waals surface area contributed by atoms with Crippen LogP contribution in [0.5, 0.6) is 0 Å². The van der Waals surface area contributed by atoms with Gasteiger partial charge in [0.1, 0.15) is 0 Å². The molecule has 180 valence electrons. The Balaban J connectivity index is 1.40. The number of amides is 1. The van der Waals surface area contributed by atoms with Gasteiger partial charge in [-0.1, -0.05) is 23.8 Å². The summed E-state index contributed by atoms with van der Waals surface area (Å²) in [6.45, 7) is 4.97. The Bertz CT molecular complexity index is 1540. The van der Waals surface area contributed by atoms with Crippen molar-refractivity contribution in [3.63, 3.8) is 0 Å². The molecular formula is C27H24N6O2S. The van der Waals surface area contributed by atoms with Crippen molar-refractivity contribution in [1.82, 2.24) is 19.7 Å². The molecule has 0 bridgehead atoms. The predicted molar refractivity (Wildman–Crippen MR) is 142 cm³/mol. The van der Waals surface area contributed by atoms with E-state index in [0.29, 0.717) is 29.6 Å². The summed E-state index contributed by atoms with van der Waals surface area (Å²) < 4.78 is 8.36. The van der Waals surface area contributed by atoms with Gasteiger partial charge in [0.2, 0.25) is 0 Å². The lowest BCUT2D eigenvalue weighted by Crippen LogP contribution is -2.36. The average molecular weight is 497 g/mol. The molecule has 1 saturated heterocycles. The van der Waals surface area contributed by atoms with E-state index in [1.54, 1.807) is 29.2 Å². The molecule has 1 N–H and O–H groups in total. The Labute approximate surface area is 212 Å². The minimum atomic E-state index is -0.167. The van der Waals surface area contributed by atoms with Crippen molar-refractivity contribution in [3.05, 3.63) is 83.6 Å². The molecule has 0 saturated carbocycles. The van der Waals surface area contributed by atoms with Crippen LogP contribution in [0, 0.1) is 6.92 Å². The largest absolute Gasteiger partial charge is 0.378 e. The molecule has 1 aliphatic heterocycles. The van der Waals surface area contributed by atoms with Crippen LogP contribution >= 0.6 is 11.3 Å². The maximum Gasteiger partial charge on any atom is 0.265 e. The minimum absolute atomic E-state index is 0.167. The van der Waals surface area contributed by atoms with E-state index in [1.807, 2.05) is 24.4 Å². The number of nitrogens with zero attached hydrogens (tertiary/aromatic N) is 5. The first-order valence-corrected chi connectivity index (χ1v) is 12.6. The summed E-state index contributed by atoms with van der Waals surface area (Å²) in [5.74, 6) is 0.543. The number of nitrogens with one attached hydrogen (secondary N) is 1. The van der Waals surface area contributed by atoms with Crippen LogP contribution in [0.15, 0.2) is 73.2 Å². The predicted octanol–water partition coefficient (Wildman–Crippen LogP) is 4.94. The number of ether oxygens (including phenoxy) is 1.